The Balaban J connectivity index is 2.36. The van der Waals surface area contributed by atoms with E-state index in [9.17, 15) is 19.5 Å². The molecule has 1 aliphatic rings. The van der Waals surface area contributed by atoms with Crippen molar-refractivity contribution >= 4 is 17.9 Å². The Morgan fingerprint density at radius 1 is 1.37 bits per heavy atom. The summed E-state index contributed by atoms with van der Waals surface area (Å²) in [6, 6.07) is -0.558. The van der Waals surface area contributed by atoms with Crippen LogP contribution >= 0.6 is 0 Å². The summed E-state index contributed by atoms with van der Waals surface area (Å²) in [7, 11) is 0. The Bertz CT molecular complexity index is 363. The average molecular weight is 276 g/mol. The second kappa shape index (κ2) is 6.45. The molecule has 1 rings (SSSR count). The highest BCUT2D eigenvalue weighted by molar-refractivity contribution is 5.81. The number of carbonyl (C=O) groups excluding carboxylic acids is 2. The molecule has 1 fully saturated rings. The first kappa shape index (κ1) is 15.3. The number of hydrogen-bond donors (Lipinski definition) is 4. The van der Waals surface area contributed by atoms with Crippen molar-refractivity contribution in [1.29, 1.82) is 0 Å². The van der Waals surface area contributed by atoms with E-state index in [1.165, 1.54) is 0 Å². The highest BCUT2D eigenvalue weighted by Crippen LogP contribution is 2.11. The van der Waals surface area contributed by atoms with Crippen LogP contribution in [0.15, 0.2) is 0 Å². The summed E-state index contributed by atoms with van der Waals surface area (Å²) in [4.78, 5) is 41.3. The maximum Gasteiger partial charge on any atom is 0.401 e. The molecule has 0 aromatic carbocycles. The van der Waals surface area contributed by atoms with E-state index in [0.717, 1.165) is 6.42 Å². The molecule has 0 amide bonds. The second-order valence-corrected chi connectivity index (χ2v) is 4.24. The van der Waals surface area contributed by atoms with Crippen LogP contribution in [0, 0.1) is 0 Å². The number of nitrogens with two attached hydrogens (primary N) is 1. The van der Waals surface area contributed by atoms with E-state index in [0.29, 0.717) is 13.0 Å². The fourth-order valence-electron chi connectivity index (χ4n) is 1.49. The SMILES string of the molecule is N[C@@](O)(CCC(=O)O)C(=O)OOC(=O)C1CCCN1. The quantitative estimate of drug-likeness (QED) is 0.260. The van der Waals surface area contributed by atoms with E-state index in [-0.39, 0.29) is 0 Å². The largest absolute Gasteiger partial charge is 0.481 e. The average Bonchev–Trinajstić information content (AvgIpc) is 2.86. The lowest BCUT2D eigenvalue weighted by Gasteiger charge is -2.18. The van der Waals surface area contributed by atoms with Gasteiger partial charge in [-0.1, -0.05) is 0 Å². The normalized spacial score (nSPS) is 21.5. The fraction of sp³-hybridized carbons (Fsp3) is 0.700. The van der Waals surface area contributed by atoms with Gasteiger partial charge in [-0.05, 0) is 19.4 Å². The minimum Gasteiger partial charge on any atom is -0.481 e. The van der Waals surface area contributed by atoms with E-state index in [4.69, 9.17) is 10.8 Å². The molecule has 1 unspecified atom stereocenters. The first-order valence-electron chi connectivity index (χ1n) is 5.72. The first-order chi connectivity index (χ1) is 8.83. The lowest BCUT2D eigenvalue weighted by molar-refractivity contribution is -0.272. The van der Waals surface area contributed by atoms with Crippen LogP contribution in [0.5, 0.6) is 0 Å². The van der Waals surface area contributed by atoms with Crippen molar-refractivity contribution in [2.45, 2.75) is 37.5 Å². The van der Waals surface area contributed by atoms with Crippen LogP contribution < -0.4 is 11.1 Å². The van der Waals surface area contributed by atoms with Crippen molar-refractivity contribution in [2.75, 3.05) is 6.54 Å². The smallest absolute Gasteiger partial charge is 0.401 e. The number of carboxylic acid groups (broad SMARTS) is 1. The maximum absolute atomic E-state index is 11.4. The molecule has 0 aliphatic carbocycles. The molecule has 2 atom stereocenters. The molecule has 0 aromatic heterocycles. The predicted molar refractivity (Wildman–Crippen MR) is 59.2 cm³/mol. The van der Waals surface area contributed by atoms with E-state index in [1.54, 1.807) is 0 Å². The van der Waals surface area contributed by atoms with Crippen LogP contribution in [-0.4, -0.2) is 46.4 Å². The predicted octanol–water partition coefficient (Wildman–Crippen LogP) is -1.75. The molecule has 9 nitrogen and oxygen atoms in total. The highest BCUT2D eigenvalue weighted by atomic mass is 17.2. The Labute approximate surface area is 108 Å². The zero-order chi connectivity index (χ0) is 14.5. The molecule has 1 saturated heterocycles. The molecule has 1 aliphatic heterocycles. The van der Waals surface area contributed by atoms with Crippen LogP contribution in [0.1, 0.15) is 25.7 Å². The Kier molecular flexibility index (Phi) is 5.21. The minimum atomic E-state index is -2.51. The number of nitrogens with one attached hydrogen (secondary N) is 1. The Morgan fingerprint density at radius 3 is 2.58 bits per heavy atom. The van der Waals surface area contributed by atoms with Gasteiger partial charge in [0, 0.05) is 12.8 Å². The van der Waals surface area contributed by atoms with Gasteiger partial charge >= 0.3 is 17.9 Å². The minimum absolute atomic E-state index is 0.528. The van der Waals surface area contributed by atoms with Gasteiger partial charge in [0.2, 0.25) is 5.72 Å². The summed E-state index contributed by atoms with van der Waals surface area (Å²) in [5, 5.41) is 20.7. The lowest BCUT2D eigenvalue weighted by atomic mass is 10.1. The summed E-state index contributed by atoms with van der Waals surface area (Å²) in [5.74, 6) is -3.44. The van der Waals surface area contributed by atoms with Gasteiger partial charge in [0.15, 0.2) is 0 Å². The third-order valence-corrected chi connectivity index (χ3v) is 2.62. The molecule has 0 spiro atoms. The molecule has 9 heteroatoms. The number of aliphatic hydroxyl groups is 1. The topological polar surface area (TPSA) is 148 Å². The van der Waals surface area contributed by atoms with Crippen molar-refractivity contribution < 1.29 is 34.4 Å². The summed E-state index contributed by atoms with van der Waals surface area (Å²) in [6.07, 6.45) is 0.274. The Morgan fingerprint density at radius 2 is 2.05 bits per heavy atom. The number of aliphatic carboxylic acids is 1. The Hall–Kier alpha value is -1.71. The first-order valence-corrected chi connectivity index (χ1v) is 5.72. The van der Waals surface area contributed by atoms with E-state index < -0.39 is 42.5 Å². The second-order valence-electron chi connectivity index (χ2n) is 4.24. The molecule has 1 heterocycles. The van der Waals surface area contributed by atoms with Gasteiger partial charge in [0.05, 0.1) is 0 Å². The van der Waals surface area contributed by atoms with Crippen LogP contribution in [0.3, 0.4) is 0 Å². The number of rotatable bonds is 5. The molecular formula is C10H16N2O7. The summed E-state index contributed by atoms with van der Waals surface area (Å²) < 4.78 is 0. The monoisotopic (exact) mass is 276 g/mol. The molecule has 0 bridgehead atoms. The third-order valence-electron chi connectivity index (χ3n) is 2.62. The van der Waals surface area contributed by atoms with Gasteiger partial charge in [-0.3, -0.25) is 10.5 Å². The van der Waals surface area contributed by atoms with Crippen molar-refractivity contribution in [3.63, 3.8) is 0 Å². The van der Waals surface area contributed by atoms with Crippen molar-refractivity contribution in [3.8, 4) is 0 Å². The molecule has 19 heavy (non-hydrogen) atoms. The molecule has 108 valence electrons. The summed E-state index contributed by atoms with van der Waals surface area (Å²) in [6.45, 7) is 0.660. The van der Waals surface area contributed by atoms with Gasteiger partial charge in [-0.2, -0.15) is 0 Å². The van der Waals surface area contributed by atoms with Gasteiger partial charge in [-0.15, -0.1) is 0 Å². The van der Waals surface area contributed by atoms with Gasteiger partial charge in [0.1, 0.15) is 6.04 Å². The van der Waals surface area contributed by atoms with E-state index in [1.807, 2.05) is 0 Å². The zero-order valence-electron chi connectivity index (χ0n) is 10.1. The van der Waals surface area contributed by atoms with E-state index >= 15 is 0 Å². The molecular weight excluding hydrogens is 260 g/mol. The van der Waals surface area contributed by atoms with Crippen molar-refractivity contribution in [2.24, 2.45) is 5.73 Å². The van der Waals surface area contributed by atoms with Gasteiger partial charge < -0.3 is 15.5 Å². The lowest BCUT2D eigenvalue weighted by Crippen LogP contribution is -2.49. The van der Waals surface area contributed by atoms with Crippen LogP contribution in [0.4, 0.5) is 0 Å². The summed E-state index contributed by atoms with van der Waals surface area (Å²) in [5.41, 5.74) is 2.65. The van der Waals surface area contributed by atoms with Gasteiger partial charge in [-0.25, -0.2) is 19.4 Å². The number of carboxylic acids is 1. The van der Waals surface area contributed by atoms with Gasteiger partial charge in [0.25, 0.3) is 0 Å². The maximum atomic E-state index is 11.4. The van der Waals surface area contributed by atoms with Crippen molar-refractivity contribution in [3.05, 3.63) is 0 Å². The molecule has 0 saturated carbocycles. The van der Waals surface area contributed by atoms with E-state index in [2.05, 4.69) is 15.1 Å². The fourth-order valence-corrected chi connectivity index (χ4v) is 1.49. The third kappa shape index (κ3) is 4.81. The van der Waals surface area contributed by atoms with Crippen LogP contribution in [0.2, 0.25) is 0 Å². The molecule has 0 radical (unpaired) electrons. The number of hydrogen-bond acceptors (Lipinski definition) is 8. The van der Waals surface area contributed by atoms with Crippen LogP contribution in [-0.2, 0) is 24.2 Å². The standard InChI is InChI=1S/C10H16N2O7/c11-10(17,4-3-7(13)14)9(16)19-18-8(15)6-2-1-5-12-6/h6,12,17H,1-5,11H2,(H,13,14)/t6?,10-/m1/s1. The molecule has 0 aromatic rings. The highest BCUT2D eigenvalue weighted by Gasteiger charge is 2.36. The molecule has 5 N–H and O–H groups in total. The van der Waals surface area contributed by atoms with Crippen LogP contribution in [0.25, 0.3) is 0 Å². The van der Waals surface area contributed by atoms with Crippen molar-refractivity contribution in [1.82, 2.24) is 5.32 Å². The zero-order valence-corrected chi connectivity index (χ0v) is 10.1. The number of carbonyl (C=O) groups is 3. The summed E-state index contributed by atoms with van der Waals surface area (Å²) >= 11 is 0.